The van der Waals surface area contributed by atoms with Crippen LogP contribution >= 0.6 is 0 Å². The average molecular weight is 708 g/mol. The van der Waals surface area contributed by atoms with Crippen molar-refractivity contribution in [3.8, 4) is 0 Å². The Bertz CT molecular complexity index is 624. The normalized spacial score (nSPS) is 12.2. The summed E-state index contributed by atoms with van der Waals surface area (Å²) in [7, 11) is 0. The van der Waals surface area contributed by atoms with Gasteiger partial charge in [0.15, 0.2) is 0 Å². The molecule has 0 aliphatic carbocycles. The molecule has 0 heterocycles. The number of benzene rings is 1. The van der Waals surface area contributed by atoms with Crippen molar-refractivity contribution in [2.24, 2.45) is 0 Å². The quantitative estimate of drug-likeness (QED) is 0.105. The summed E-state index contributed by atoms with van der Waals surface area (Å²) in [4.78, 5) is 0. The molecule has 0 unspecified atom stereocenters. The standard InChI is InChI=1S/C10H8.6C4H9.2Sn/c1-3-9-5-7-10(4-2)8-6-9;6*1-3-4-2;;/h5-8H,1-2H2;6*1,3-4H2,2H3;;. The van der Waals surface area contributed by atoms with Crippen LogP contribution in [-0.4, -0.2) is 36.8 Å². The maximum atomic E-state index is 4.89. The molecule has 0 aliphatic heterocycles. The van der Waals surface area contributed by atoms with Crippen LogP contribution in [0.2, 0.25) is 26.6 Å². The molecule has 0 spiro atoms. The summed E-state index contributed by atoms with van der Waals surface area (Å²) in [5.74, 6) is 0. The Hall–Kier alpha value is 0.297. The van der Waals surface area contributed by atoms with Crippen LogP contribution in [0.25, 0.3) is 7.18 Å². The molecule has 2 heteroatoms. The van der Waals surface area contributed by atoms with Crippen LogP contribution < -0.4 is 0 Å². The van der Waals surface area contributed by atoms with Gasteiger partial charge in [-0.05, 0) is 0 Å². The molecule has 0 atom stereocenters. The topological polar surface area (TPSA) is 0 Å². The van der Waals surface area contributed by atoms with E-state index < -0.39 is 36.8 Å². The van der Waals surface area contributed by atoms with Gasteiger partial charge in [-0.1, -0.05) is 0 Å². The third kappa shape index (κ3) is 10.5. The first-order valence-corrected chi connectivity index (χ1v) is 30.9. The first-order valence-electron chi connectivity index (χ1n) is 15.9. The monoisotopic (exact) mass is 710 g/mol. The van der Waals surface area contributed by atoms with E-state index in [0.717, 1.165) is 0 Å². The van der Waals surface area contributed by atoms with Gasteiger partial charge < -0.3 is 0 Å². The molecule has 36 heavy (non-hydrogen) atoms. The van der Waals surface area contributed by atoms with Crippen LogP contribution in [0.3, 0.4) is 0 Å². The predicted molar refractivity (Wildman–Crippen MR) is 174 cm³/mol. The summed E-state index contributed by atoms with van der Waals surface area (Å²) in [6, 6.07) is 9.87. The molecule has 0 amide bonds. The fourth-order valence-corrected chi connectivity index (χ4v) is 37.8. The molecule has 0 aliphatic rings. The molecule has 1 aromatic carbocycles. The molecule has 0 N–H and O–H groups in total. The molecule has 0 radical (unpaired) electrons. The van der Waals surface area contributed by atoms with Crippen LogP contribution in [0.4, 0.5) is 0 Å². The van der Waals surface area contributed by atoms with E-state index >= 15 is 0 Å². The predicted octanol–water partition coefficient (Wildman–Crippen LogP) is 12.5. The van der Waals surface area contributed by atoms with Crippen molar-refractivity contribution in [3.63, 3.8) is 0 Å². The van der Waals surface area contributed by atoms with Gasteiger partial charge in [-0.3, -0.25) is 0 Å². The van der Waals surface area contributed by atoms with Gasteiger partial charge in [0.1, 0.15) is 0 Å². The molecule has 0 bridgehead atoms. The van der Waals surface area contributed by atoms with Crippen molar-refractivity contribution in [2.75, 3.05) is 0 Å². The van der Waals surface area contributed by atoms with Gasteiger partial charge in [0.05, 0.1) is 0 Å². The van der Waals surface area contributed by atoms with Gasteiger partial charge in [0, 0.05) is 0 Å². The Morgan fingerprint density at radius 1 is 0.444 bits per heavy atom. The van der Waals surface area contributed by atoms with Crippen molar-refractivity contribution in [1.29, 1.82) is 0 Å². The van der Waals surface area contributed by atoms with Crippen molar-refractivity contribution in [3.05, 3.63) is 48.6 Å². The van der Waals surface area contributed by atoms with E-state index in [1.54, 1.807) is 7.18 Å². The zero-order chi connectivity index (χ0) is 26.9. The fraction of sp³-hybridized carbons (Fsp3) is 0.706. The Morgan fingerprint density at radius 2 is 0.639 bits per heavy atom. The molecule has 0 saturated carbocycles. The first kappa shape index (κ1) is 34.3. The van der Waals surface area contributed by atoms with Crippen LogP contribution in [0.1, 0.15) is 130 Å². The average Bonchev–Trinajstić information content (AvgIpc) is 2.92. The molecule has 1 aromatic rings. The molecule has 1 rings (SSSR count). The van der Waals surface area contributed by atoms with Crippen LogP contribution in [0, 0.1) is 0 Å². The first-order chi connectivity index (χ1) is 17.4. The molecular formula is C34H62Sn2. The summed E-state index contributed by atoms with van der Waals surface area (Å²) >= 11 is -4.94. The molecular weight excluding hydrogens is 646 g/mol. The van der Waals surface area contributed by atoms with Crippen LogP contribution in [0.5, 0.6) is 0 Å². The molecule has 0 nitrogen and oxygen atoms in total. The minimum atomic E-state index is -2.47. The molecule has 0 saturated heterocycles. The van der Waals surface area contributed by atoms with Gasteiger partial charge in [-0.2, -0.15) is 0 Å². The minimum absolute atomic E-state index is 1.32. The van der Waals surface area contributed by atoms with E-state index in [9.17, 15) is 0 Å². The second-order valence-corrected chi connectivity index (χ2v) is 38.3. The van der Waals surface area contributed by atoms with E-state index in [1.165, 1.54) is 115 Å². The van der Waals surface area contributed by atoms with E-state index in [0.29, 0.717) is 0 Å². The Balaban J connectivity index is 3.31. The molecule has 0 fully saturated rings. The number of hydrogen-bond acceptors (Lipinski definition) is 0. The fourth-order valence-electron chi connectivity index (χ4n) is 6.23. The van der Waals surface area contributed by atoms with Gasteiger partial charge in [-0.15, -0.1) is 0 Å². The van der Waals surface area contributed by atoms with E-state index in [4.69, 9.17) is 13.2 Å². The SMILES string of the molecule is C=[C](c1ccc([C](=C)[Sn]([CH2]CCC)([CH2]CCC)[CH2]CCC)cc1)[Sn]([CH2]CCC)([CH2]CCC)[CH2]CCC. The van der Waals surface area contributed by atoms with Gasteiger partial charge in [0.25, 0.3) is 0 Å². The summed E-state index contributed by atoms with van der Waals surface area (Å²) < 4.78 is 12.3. The summed E-state index contributed by atoms with van der Waals surface area (Å²) in [6.07, 6.45) is 16.4. The Kier molecular flexibility index (Phi) is 18.5. The van der Waals surface area contributed by atoms with Gasteiger partial charge in [-0.25, -0.2) is 0 Å². The maximum absolute atomic E-state index is 4.89. The third-order valence-corrected chi connectivity index (χ3v) is 40.3. The van der Waals surface area contributed by atoms with Crippen molar-refractivity contribution < 1.29 is 0 Å². The summed E-state index contributed by atoms with van der Waals surface area (Å²) in [5, 5.41) is 0. The van der Waals surface area contributed by atoms with Crippen LogP contribution in [-0.2, 0) is 0 Å². The van der Waals surface area contributed by atoms with Crippen LogP contribution in [0.15, 0.2) is 37.4 Å². The van der Waals surface area contributed by atoms with E-state index in [2.05, 4.69) is 65.8 Å². The Labute approximate surface area is 236 Å². The third-order valence-electron chi connectivity index (χ3n) is 8.92. The van der Waals surface area contributed by atoms with E-state index in [1.807, 2.05) is 0 Å². The zero-order valence-electron chi connectivity index (χ0n) is 25.5. The van der Waals surface area contributed by atoms with Crippen molar-refractivity contribution >= 4 is 43.9 Å². The van der Waals surface area contributed by atoms with Crippen molar-refractivity contribution in [1.82, 2.24) is 0 Å². The molecule has 206 valence electrons. The summed E-state index contributed by atoms with van der Waals surface area (Å²) in [5.41, 5.74) is 2.95. The second-order valence-electron chi connectivity index (χ2n) is 11.7. The zero-order valence-corrected chi connectivity index (χ0v) is 31.2. The van der Waals surface area contributed by atoms with E-state index in [-0.39, 0.29) is 0 Å². The van der Waals surface area contributed by atoms with Crippen molar-refractivity contribution in [2.45, 2.75) is 145 Å². The number of hydrogen-bond donors (Lipinski definition) is 0. The second kappa shape index (κ2) is 19.4. The number of unbranched alkanes of at least 4 members (excludes halogenated alkanes) is 6. The summed E-state index contributed by atoms with van der Waals surface area (Å²) in [6.45, 7) is 24.0. The molecule has 0 aromatic heterocycles. The Morgan fingerprint density at radius 3 is 0.806 bits per heavy atom. The number of rotatable bonds is 22. The van der Waals surface area contributed by atoms with Gasteiger partial charge in [0.2, 0.25) is 0 Å². The van der Waals surface area contributed by atoms with Gasteiger partial charge >= 0.3 is 238 Å².